The smallest absolute Gasteiger partial charge is 0.122 e. The summed E-state index contributed by atoms with van der Waals surface area (Å²) in [4.78, 5) is 0. The van der Waals surface area contributed by atoms with Crippen LogP contribution in [0.1, 0.15) is 38.8 Å². The molecule has 1 aromatic rings. The number of rotatable bonds is 5. The molecule has 0 amide bonds. The highest BCUT2D eigenvalue weighted by atomic mass is 16.5. The fourth-order valence-electron chi connectivity index (χ4n) is 1.73. The van der Waals surface area contributed by atoms with Gasteiger partial charge in [0, 0.05) is 18.0 Å². The van der Waals surface area contributed by atoms with E-state index in [4.69, 9.17) is 4.74 Å². The number of hydrogen-bond donors (Lipinski definition) is 1. The first-order valence-electron chi connectivity index (χ1n) is 6.73. The molecule has 1 atom stereocenters. The van der Waals surface area contributed by atoms with Crippen molar-refractivity contribution in [2.45, 2.75) is 47.1 Å². The lowest BCUT2D eigenvalue weighted by Crippen LogP contribution is -2.39. The summed E-state index contributed by atoms with van der Waals surface area (Å²) >= 11 is 0. The Hall–Kier alpha value is -1.02. The van der Waals surface area contributed by atoms with Gasteiger partial charge in [0.25, 0.3) is 0 Å². The molecule has 0 spiro atoms. The molecule has 102 valence electrons. The summed E-state index contributed by atoms with van der Waals surface area (Å²) in [7, 11) is 0. The molecule has 0 radical (unpaired) electrons. The van der Waals surface area contributed by atoms with Crippen LogP contribution in [0.15, 0.2) is 18.2 Å². The van der Waals surface area contributed by atoms with Gasteiger partial charge in [-0.1, -0.05) is 24.6 Å². The van der Waals surface area contributed by atoms with Crippen molar-refractivity contribution >= 4 is 0 Å². The topological polar surface area (TPSA) is 21.3 Å². The molecule has 0 bridgehead atoms. The maximum Gasteiger partial charge on any atom is 0.122 e. The fourth-order valence-corrected chi connectivity index (χ4v) is 1.73. The van der Waals surface area contributed by atoms with Crippen molar-refractivity contribution in [3.8, 4) is 5.75 Å². The van der Waals surface area contributed by atoms with Crippen molar-refractivity contribution in [3.63, 3.8) is 0 Å². The predicted octanol–water partition coefficient (Wildman–Crippen LogP) is 3.71. The lowest BCUT2D eigenvalue weighted by atomic mass is 10.1. The first-order valence-corrected chi connectivity index (χ1v) is 6.73. The second-order valence-corrected chi connectivity index (χ2v) is 6.32. The van der Waals surface area contributed by atoms with E-state index in [2.05, 4.69) is 65.1 Å². The zero-order valence-corrected chi connectivity index (χ0v) is 12.6. The maximum absolute atomic E-state index is 5.88. The summed E-state index contributed by atoms with van der Waals surface area (Å²) in [5.41, 5.74) is 2.67. The van der Waals surface area contributed by atoms with Crippen molar-refractivity contribution in [1.82, 2.24) is 5.32 Å². The summed E-state index contributed by atoms with van der Waals surface area (Å²) in [6.45, 7) is 14.7. The molecule has 0 aliphatic carbocycles. The van der Waals surface area contributed by atoms with Gasteiger partial charge in [0.15, 0.2) is 0 Å². The largest absolute Gasteiger partial charge is 0.493 e. The van der Waals surface area contributed by atoms with Crippen molar-refractivity contribution in [3.05, 3.63) is 29.3 Å². The summed E-state index contributed by atoms with van der Waals surface area (Å²) < 4.78 is 5.88. The molecule has 1 rings (SSSR count). The zero-order chi connectivity index (χ0) is 13.8. The summed E-state index contributed by atoms with van der Waals surface area (Å²) in [6.07, 6.45) is 0. The highest BCUT2D eigenvalue weighted by Crippen LogP contribution is 2.19. The van der Waals surface area contributed by atoms with Gasteiger partial charge in [-0.25, -0.2) is 0 Å². The molecule has 0 aromatic heterocycles. The van der Waals surface area contributed by atoms with Crippen LogP contribution in [0.2, 0.25) is 0 Å². The maximum atomic E-state index is 5.88. The van der Waals surface area contributed by atoms with Gasteiger partial charge in [0.1, 0.15) is 5.75 Å². The van der Waals surface area contributed by atoms with Crippen LogP contribution in [0.5, 0.6) is 5.75 Å². The molecule has 2 heteroatoms. The first-order chi connectivity index (χ1) is 8.28. The Morgan fingerprint density at radius 2 is 1.89 bits per heavy atom. The van der Waals surface area contributed by atoms with E-state index in [1.165, 1.54) is 11.1 Å². The average Bonchev–Trinajstić information content (AvgIpc) is 2.24. The second kappa shape index (κ2) is 6.24. The van der Waals surface area contributed by atoms with Gasteiger partial charge in [0.2, 0.25) is 0 Å². The van der Waals surface area contributed by atoms with Crippen LogP contribution in [0.25, 0.3) is 0 Å². The summed E-state index contributed by atoms with van der Waals surface area (Å²) in [5.74, 6) is 1.51. The van der Waals surface area contributed by atoms with Crippen LogP contribution in [0, 0.1) is 19.8 Å². The molecule has 0 heterocycles. The van der Waals surface area contributed by atoms with Crippen LogP contribution >= 0.6 is 0 Å². The molecule has 1 unspecified atom stereocenters. The van der Waals surface area contributed by atoms with Crippen LogP contribution in [0.4, 0.5) is 0 Å². The van der Waals surface area contributed by atoms with E-state index >= 15 is 0 Å². The van der Waals surface area contributed by atoms with E-state index in [0.29, 0.717) is 5.92 Å². The van der Waals surface area contributed by atoms with Crippen LogP contribution in [-0.2, 0) is 0 Å². The molecule has 18 heavy (non-hydrogen) atoms. The molecule has 0 aliphatic rings. The zero-order valence-electron chi connectivity index (χ0n) is 12.6. The van der Waals surface area contributed by atoms with E-state index in [1.54, 1.807) is 0 Å². The molecule has 0 saturated carbocycles. The minimum Gasteiger partial charge on any atom is -0.493 e. The molecule has 0 saturated heterocycles. The summed E-state index contributed by atoms with van der Waals surface area (Å²) in [6, 6.07) is 6.32. The van der Waals surface area contributed by atoms with Crippen molar-refractivity contribution < 1.29 is 4.74 Å². The van der Waals surface area contributed by atoms with Gasteiger partial charge in [-0.15, -0.1) is 0 Å². The molecule has 2 nitrogen and oxygen atoms in total. The van der Waals surface area contributed by atoms with E-state index in [1.807, 2.05) is 0 Å². The van der Waals surface area contributed by atoms with Gasteiger partial charge in [-0.2, -0.15) is 0 Å². The van der Waals surface area contributed by atoms with Crippen LogP contribution < -0.4 is 10.1 Å². The molecular formula is C16H27NO. The molecule has 0 aliphatic heterocycles. The molecular weight excluding hydrogens is 222 g/mol. The monoisotopic (exact) mass is 249 g/mol. The third kappa shape index (κ3) is 5.54. The highest BCUT2D eigenvalue weighted by Gasteiger charge is 2.11. The Kier molecular flexibility index (Phi) is 5.21. The fraction of sp³-hybridized carbons (Fsp3) is 0.625. The van der Waals surface area contributed by atoms with Gasteiger partial charge in [-0.3, -0.25) is 0 Å². The lowest BCUT2D eigenvalue weighted by molar-refractivity contribution is 0.243. The number of nitrogens with one attached hydrogen (secondary N) is 1. The highest BCUT2D eigenvalue weighted by molar-refractivity contribution is 5.35. The van der Waals surface area contributed by atoms with Crippen molar-refractivity contribution in [1.29, 1.82) is 0 Å². The quantitative estimate of drug-likeness (QED) is 0.859. The second-order valence-electron chi connectivity index (χ2n) is 6.32. The normalized spacial score (nSPS) is 13.4. The van der Waals surface area contributed by atoms with Crippen molar-refractivity contribution in [2.75, 3.05) is 13.2 Å². The standard InChI is InChI=1S/C16H27NO/c1-12-7-8-15(14(3)9-12)18-11-13(2)10-17-16(4,5)6/h7-9,13,17H,10-11H2,1-6H3. The Labute approximate surface area is 112 Å². The third-order valence-corrected chi connectivity index (χ3v) is 2.83. The van der Waals surface area contributed by atoms with Crippen LogP contribution in [0.3, 0.4) is 0 Å². The van der Waals surface area contributed by atoms with Crippen LogP contribution in [-0.4, -0.2) is 18.7 Å². The van der Waals surface area contributed by atoms with Gasteiger partial charge >= 0.3 is 0 Å². The number of ether oxygens (including phenoxy) is 1. The number of benzene rings is 1. The molecule has 1 aromatic carbocycles. The van der Waals surface area contributed by atoms with Gasteiger partial charge in [-0.05, 0) is 46.2 Å². The Balaban J connectivity index is 2.40. The Morgan fingerprint density at radius 3 is 2.44 bits per heavy atom. The average molecular weight is 249 g/mol. The molecule has 1 N–H and O–H groups in total. The van der Waals surface area contributed by atoms with E-state index in [0.717, 1.165) is 18.9 Å². The minimum absolute atomic E-state index is 0.175. The Bertz CT molecular complexity index is 379. The third-order valence-electron chi connectivity index (χ3n) is 2.83. The van der Waals surface area contributed by atoms with E-state index in [-0.39, 0.29) is 5.54 Å². The predicted molar refractivity (Wildman–Crippen MR) is 78.3 cm³/mol. The number of hydrogen-bond acceptors (Lipinski definition) is 2. The van der Waals surface area contributed by atoms with Gasteiger partial charge < -0.3 is 10.1 Å². The van der Waals surface area contributed by atoms with E-state index < -0.39 is 0 Å². The lowest BCUT2D eigenvalue weighted by Gasteiger charge is -2.23. The Morgan fingerprint density at radius 1 is 1.22 bits per heavy atom. The number of aryl methyl sites for hydroxylation is 2. The molecule has 0 fully saturated rings. The van der Waals surface area contributed by atoms with Gasteiger partial charge in [0.05, 0.1) is 6.61 Å². The SMILES string of the molecule is Cc1ccc(OCC(C)CNC(C)(C)C)c(C)c1. The minimum atomic E-state index is 0.175. The van der Waals surface area contributed by atoms with Crippen molar-refractivity contribution in [2.24, 2.45) is 5.92 Å². The first kappa shape index (κ1) is 15.0. The summed E-state index contributed by atoms with van der Waals surface area (Å²) in [5, 5.41) is 3.50. The van der Waals surface area contributed by atoms with E-state index in [9.17, 15) is 0 Å².